The number of nitrogens with zero attached hydrogens (tertiary/aromatic N) is 1. The van der Waals surface area contributed by atoms with Crippen molar-refractivity contribution in [1.82, 2.24) is 4.90 Å². The second-order valence-corrected chi connectivity index (χ2v) is 5.06. The predicted octanol–water partition coefficient (Wildman–Crippen LogP) is 1.19. The molecule has 4 nitrogen and oxygen atoms in total. The first-order chi connectivity index (χ1) is 6.85. The van der Waals surface area contributed by atoms with Gasteiger partial charge in [0.2, 0.25) is 0 Å². The molecule has 0 aliphatic heterocycles. The number of rotatable bonds is 7. The molecule has 0 aliphatic carbocycles. The van der Waals surface area contributed by atoms with Crippen molar-refractivity contribution in [2.75, 3.05) is 26.2 Å². The molecule has 2 N–H and O–H groups in total. The minimum absolute atomic E-state index is 0.160. The number of aliphatic hydroxyl groups excluding tert-OH is 1. The summed E-state index contributed by atoms with van der Waals surface area (Å²) >= 11 is 0. The Labute approximate surface area is 91.9 Å². The lowest BCUT2D eigenvalue weighted by molar-refractivity contribution is -0.137. The predicted molar refractivity (Wildman–Crippen MR) is 59.9 cm³/mol. The fraction of sp³-hybridized carbons (Fsp3) is 0.909. The molecule has 15 heavy (non-hydrogen) atoms. The molecule has 0 aromatic rings. The van der Waals surface area contributed by atoms with Gasteiger partial charge >= 0.3 is 5.97 Å². The normalized spacial score (nSPS) is 12.1. The summed E-state index contributed by atoms with van der Waals surface area (Å²) in [6, 6.07) is 0. The highest BCUT2D eigenvalue weighted by Crippen LogP contribution is 2.15. The molecule has 0 saturated carbocycles. The molecular formula is C11H23NO3. The van der Waals surface area contributed by atoms with Gasteiger partial charge < -0.3 is 15.1 Å². The Kier molecular flexibility index (Phi) is 6.52. The van der Waals surface area contributed by atoms with Crippen molar-refractivity contribution in [2.24, 2.45) is 5.41 Å². The molecule has 0 aromatic heterocycles. The summed E-state index contributed by atoms with van der Waals surface area (Å²) < 4.78 is 0. The van der Waals surface area contributed by atoms with E-state index < -0.39 is 5.97 Å². The van der Waals surface area contributed by atoms with Gasteiger partial charge in [0.15, 0.2) is 0 Å². The number of carboxylic acid groups (broad SMARTS) is 1. The Balaban J connectivity index is 4.00. The highest BCUT2D eigenvalue weighted by atomic mass is 16.4. The van der Waals surface area contributed by atoms with Crippen LogP contribution in [-0.4, -0.2) is 47.3 Å². The van der Waals surface area contributed by atoms with E-state index in [1.165, 1.54) is 0 Å². The molecule has 0 aliphatic rings. The average molecular weight is 217 g/mol. The molecule has 0 aromatic carbocycles. The molecule has 0 spiro atoms. The van der Waals surface area contributed by atoms with Gasteiger partial charge in [-0.1, -0.05) is 20.8 Å². The van der Waals surface area contributed by atoms with Gasteiger partial charge in [0.25, 0.3) is 0 Å². The summed E-state index contributed by atoms with van der Waals surface area (Å²) in [7, 11) is 0. The third-order valence-corrected chi connectivity index (χ3v) is 1.97. The van der Waals surface area contributed by atoms with Gasteiger partial charge in [0.1, 0.15) is 0 Å². The first kappa shape index (κ1) is 14.4. The zero-order valence-electron chi connectivity index (χ0n) is 9.99. The molecule has 0 unspecified atom stereocenters. The fourth-order valence-corrected chi connectivity index (χ4v) is 1.49. The van der Waals surface area contributed by atoms with Crippen molar-refractivity contribution in [3.05, 3.63) is 0 Å². The molecule has 0 radical (unpaired) electrons. The molecular weight excluding hydrogens is 194 g/mol. The van der Waals surface area contributed by atoms with Crippen LogP contribution in [0, 0.1) is 5.41 Å². The van der Waals surface area contributed by atoms with E-state index in [4.69, 9.17) is 10.2 Å². The molecule has 0 atom stereocenters. The van der Waals surface area contributed by atoms with Crippen molar-refractivity contribution in [1.29, 1.82) is 0 Å². The van der Waals surface area contributed by atoms with E-state index in [0.717, 1.165) is 13.1 Å². The van der Waals surface area contributed by atoms with Gasteiger partial charge in [0, 0.05) is 26.2 Å². The Morgan fingerprint density at radius 3 is 2.27 bits per heavy atom. The molecule has 0 amide bonds. The SMILES string of the molecule is CC(C)(C)CN(CCCO)CCC(=O)O. The van der Waals surface area contributed by atoms with Gasteiger partial charge in [-0.2, -0.15) is 0 Å². The highest BCUT2D eigenvalue weighted by molar-refractivity contribution is 5.66. The second-order valence-electron chi connectivity index (χ2n) is 5.06. The minimum Gasteiger partial charge on any atom is -0.481 e. The maximum atomic E-state index is 10.5. The largest absolute Gasteiger partial charge is 0.481 e. The third-order valence-electron chi connectivity index (χ3n) is 1.97. The van der Waals surface area contributed by atoms with E-state index in [2.05, 4.69) is 25.7 Å². The van der Waals surface area contributed by atoms with Crippen LogP contribution in [0.2, 0.25) is 0 Å². The lowest BCUT2D eigenvalue weighted by atomic mass is 9.96. The van der Waals surface area contributed by atoms with Gasteiger partial charge in [0.05, 0.1) is 6.42 Å². The van der Waals surface area contributed by atoms with Crippen LogP contribution in [0.15, 0.2) is 0 Å². The number of aliphatic hydroxyl groups is 1. The molecule has 0 saturated heterocycles. The van der Waals surface area contributed by atoms with Crippen molar-refractivity contribution in [3.8, 4) is 0 Å². The van der Waals surface area contributed by atoms with E-state index in [-0.39, 0.29) is 18.4 Å². The summed E-state index contributed by atoms with van der Waals surface area (Å²) in [5.41, 5.74) is 0.161. The van der Waals surface area contributed by atoms with E-state index >= 15 is 0 Å². The summed E-state index contributed by atoms with van der Waals surface area (Å²) in [4.78, 5) is 12.6. The van der Waals surface area contributed by atoms with E-state index in [9.17, 15) is 4.79 Å². The van der Waals surface area contributed by atoms with Crippen molar-refractivity contribution in [3.63, 3.8) is 0 Å². The minimum atomic E-state index is -0.766. The maximum absolute atomic E-state index is 10.5. The van der Waals surface area contributed by atoms with Crippen LogP contribution in [0.25, 0.3) is 0 Å². The Morgan fingerprint density at radius 1 is 1.27 bits per heavy atom. The number of hydrogen-bond donors (Lipinski definition) is 2. The second kappa shape index (κ2) is 6.80. The summed E-state index contributed by atoms with van der Waals surface area (Å²) in [5.74, 6) is -0.766. The van der Waals surface area contributed by atoms with Crippen LogP contribution in [0.3, 0.4) is 0 Å². The third kappa shape index (κ3) is 9.69. The van der Waals surface area contributed by atoms with Gasteiger partial charge in [-0.25, -0.2) is 0 Å². The van der Waals surface area contributed by atoms with Crippen LogP contribution in [0.5, 0.6) is 0 Å². The molecule has 0 bridgehead atoms. The lowest BCUT2D eigenvalue weighted by Crippen LogP contribution is -2.35. The first-order valence-electron chi connectivity index (χ1n) is 5.40. The summed E-state index contributed by atoms with van der Waals surface area (Å²) in [6.07, 6.45) is 0.872. The van der Waals surface area contributed by atoms with Crippen molar-refractivity contribution < 1.29 is 15.0 Å². The van der Waals surface area contributed by atoms with Crippen molar-refractivity contribution >= 4 is 5.97 Å². The Hall–Kier alpha value is -0.610. The molecule has 4 heteroatoms. The smallest absolute Gasteiger partial charge is 0.304 e. The van der Waals surface area contributed by atoms with Crippen LogP contribution in [0.4, 0.5) is 0 Å². The molecule has 0 fully saturated rings. The van der Waals surface area contributed by atoms with Crippen LogP contribution >= 0.6 is 0 Å². The monoisotopic (exact) mass is 217 g/mol. The fourth-order valence-electron chi connectivity index (χ4n) is 1.49. The standard InChI is InChI=1S/C11H23NO3/c1-11(2,3)9-12(6-4-8-13)7-5-10(14)15/h13H,4-9H2,1-3H3,(H,14,15). The first-order valence-corrected chi connectivity index (χ1v) is 5.40. The van der Waals surface area contributed by atoms with Gasteiger partial charge in [-0.3, -0.25) is 4.79 Å². The zero-order chi connectivity index (χ0) is 11.9. The quantitative estimate of drug-likeness (QED) is 0.672. The van der Waals surface area contributed by atoms with Crippen LogP contribution in [-0.2, 0) is 4.79 Å². The topological polar surface area (TPSA) is 60.8 Å². The van der Waals surface area contributed by atoms with E-state index in [1.807, 2.05) is 0 Å². The number of hydrogen-bond acceptors (Lipinski definition) is 3. The van der Waals surface area contributed by atoms with Crippen molar-refractivity contribution in [2.45, 2.75) is 33.6 Å². The van der Waals surface area contributed by atoms with Crippen LogP contribution < -0.4 is 0 Å². The number of carbonyl (C=O) groups is 1. The van der Waals surface area contributed by atoms with Gasteiger partial charge in [-0.05, 0) is 11.8 Å². The number of aliphatic carboxylic acids is 1. The summed E-state index contributed by atoms with van der Waals surface area (Å²) in [6.45, 7) is 8.72. The molecule has 0 rings (SSSR count). The average Bonchev–Trinajstić information content (AvgIpc) is 2.07. The van der Waals surface area contributed by atoms with E-state index in [1.54, 1.807) is 0 Å². The lowest BCUT2D eigenvalue weighted by Gasteiger charge is -2.29. The zero-order valence-corrected chi connectivity index (χ0v) is 9.99. The van der Waals surface area contributed by atoms with E-state index in [0.29, 0.717) is 13.0 Å². The molecule has 0 heterocycles. The summed E-state index contributed by atoms with van der Waals surface area (Å²) in [5, 5.41) is 17.4. The Bertz CT molecular complexity index is 187. The number of carboxylic acids is 1. The molecule has 90 valence electrons. The van der Waals surface area contributed by atoms with Crippen LogP contribution in [0.1, 0.15) is 33.6 Å². The highest BCUT2D eigenvalue weighted by Gasteiger charge is 2.16. The maximum Gasteiger partial charge on any atom is 0.304 e. The van der Waals surface area contributed by atoms with Gasteiger partial charge in [-0.15, -0.1) is 0 Å². The Morgan fingerprint density at radius 2 is 1.87 bits per heavy atom.